The molecule has 2 rings (SSSR count). The van der Waals surface area contributed by atoms with Crippen LogP contribution in [0.1, 0.15) is 30.1 Å². The number of aromatic hydroxyl groups is 2. The van der Waals surface area contributed by atoms with E-state index in [2.05, 4.69) is 0 Å². The van der Waals surface area contributed by atoms with E-state index in [1.165, 1.54) is 18.2 Å². The van der Waals surface area contributed by atoms with Crippen LogP contribution in [0.5, 0.6) is 11.5 Å². The molecule has 5 nitrogen and oxygen atoms in total. The number of nitrogens with zero attached hydrogens (tertiary/aromatic N) is 1. The molecule has 3 N–H and O–H groups in total. The third-order valence-corrected chi connectivity index (χ3v) is 3.72. The van der Waals surface area contributed by atoms with E-state index in [0.717, 1.165) is 12.8 Å². The molecule has 1 saturated heterocycles. The largest absolute Gasteiger partial charge is 0.508 e. The number of phenolic OH excluding ortho intramolecular Hbond substituents is 2. The lowest BCUT2D eigenvalue weighted by atomic mass is 9.92. The van der Waals surface area contributed by atoms with Crippen molar-refractivity contribution in [3.8, 4) is 11.5 Å². The van der Waals surface area contributed by atoms with Crippen LogP contribution in [0.25, 0.3) is 0 Å². The van der Waals surface area contributed by atoms with Crippen LogP contribution in [-0.2, 0) is 0 Å². The zero-order valence-corrected chi connectivity index (χ0v) is 10.9. The Labute approximate surface area is 112 Å². The molecule has 1 aliphatic heterocycles. The summed E-state index contributed by atoms with van der Waals surface area (Å²) >= 11 is 0. The summed E-state index contributed by atoms with van der Waals surface area (Å²) in [7, 11) is 0. The van der Waals surface area contributed by atoms with Crippen molar-refractivity contribution >= 4 is 5.91 Å². The minimum Gasteiger partial charge on any atom is -0.508 e. The topological polar surface area (TPSA) is 81.0 Å². The lowest BCUT2D eigenvalue weighted by Gasteiger charge is -2.33. The van der Waals surface area contributed by atoms with Crippen molar-refractivity contribution in [3.63, 3.8) is 0 Å². The molecule has 1 aromatic rings. The second-order valence-corrected chi connectivity index (χ2v) is 5.07. The summed E-state index contributed by atoms with van der Waals surface area (Å²) in [6.45, 7) is 2.89. The number of likely N-dealkylation sites (tertiary alicyclic amines) is 1. The summed E-state index contributed by atoms with van der Waals surface area (Å²) < 4.78 is 0. The number of aliphatic hydroxyl groups excluding tert-OH is 1. The Morgan fingerprint density at radius 2 is 1.95 bits per heavy atom. The molecule has 0 spiro atoms. The third-order valence-electron chi connectivity index (χ3n) is 3.72. The summed E-state index contributed by atoms with van der Waals surface area (Å²) in [6.07, 6.45) is 1.15. The van der Waals surface area contributed by atoms with Crippen molar-refractivity contribution in [2.75, 3.05) is 13.1 Å². The number of carbonyl (C=O) groups excluding carboxylic acids is 1. The zero-order valence-electron chi connectivity index (χ0n) is 10.9. The van der Waals surface area contributed by atoms with Gasteiger partial charge in [-0.3, -0.25) is 4.79 Å². The van der Waals surface area contributed by atoms with Gasteiger partial charge in [-0.2, -0.15) is 0 Å². The molecule has 1 atom stereocenters. The molecule has 1 aromatic carbocycles. The van der Waals surface area contributed by atoms with Crippen molar-refractivity contribution < 1.29 is 20.1 Å². The number of amides is 1. The van der Waals surface area contributed by atoms with Gasteiger partial charge in [-0.25, -0.2) is 0 Å². The lowest BCUT2D eigenvalue weighted by Crippen LogP contribution is -2.40. The number of aliphatic hydroxyl groups is 1. The fraction of sp³-hybridized carbons (Fsp3) is 0.500. The van der Waals surface area contributed by atoms with Gasteiger partial charge in [-0.05, 0) is 43.9 Å². The maximum atomic E-state index is 12.2. The number of benzene rings is 1. The van der Waals surface area contributed by atoms with E-state index in [0.29, 0.717) is 13.1 Å². The second-order valence-electron chi connectivity index (χ2n) is 5.07. The van der Waals surface area contributed by atoms with E-state index >= 15 is 0 Å². The summed E-state index contributed by atoms with van der Waals surface area (Å²) in [5.74, 6) is -0.222. The average molecular weight is 265 g/mol. The van der Waals surface area contributed by atoms with Gasteiger partial charge in [0.05, 0.1) is 11.7 Å². The Morgan fingerprint density at radius 3 is 2.53 bits per heavy atom. The third kappa shape index (κ3) is 2.98. The molecule has 0 bridgehead atoms. The van der Waals surface area contributed by atoms with Crippen LogP contribution in [0, 0.1) is 5.92 Å². The van der Waals surface area contributed by atoms with Crippen LogP contribution in [0.15, 0.2) is 18.2 Å². The number of rotatable bonds is 2. The molecule has 1 amide bonds. The standard InChI is InChI=1S/C14H19NO4/c1-9(16)10-4-6-15(7-5-10)14(19)12-8-11(17)2-3-13(12)18/h2-3,8-10,16-18H,4-7H2,1H3. The first-order valence-electron chi connectivity index (χ1n) is 6.48. The van der Waals surface area contributed by atoms with Gasteiger partial charge in [0.25, 0.3) is 5.91 Å². The molecular weight excluding hydrogens is 246 g/mol. The SMILES string of the molecule is CC(O)C1CCN(C(=O)c2cc(O)ccc2O)CC1. The highest BCUT2D eigenvalue weighted by Crippen LogP contribution is 2.26. The van der Waals surface area contributed by atoms with E-state index < -0.39 is 0 Å². The number of phenols is 2. The molecule has 0 aromatic heterocycles. The highest BCUT2D eigenvalue weighted by Gasteiger charge is 2.27. The summed E-state index contributed by atoms with van der Waals surface area (Å²) in [5, 5.41) is 28.6. The Hall–Kier alpha value is -1.75. The molecule has 1 fully saturated rings. The predicted molar refractivity (Wildman–Crippen MR) is 70.1 cm³/mol. The van der Waals surface area contributed by atoms with Crippen LogP contribution in [0.3, 0.4) is 0 Å². The first-order valence-corrected chi connectivity index (χ1v) is 6.48. The van der Waals surface area contributed by atoms with Gasteiger partial charge in [-0.1, -0.05) is 0 Å². The number of hydrogen-bond acceptors (Lipinski definition) is 4. The zero-order chi connectivity index (χ0) is 14.0. The summed E-state index contributed by atoms with van der Waals surface area (Å²) in [4.78, 5) is 13.9. The lowest BCUT2D eigenvalue weighted by molar-refractivity contribution is 0.0519. The summed E-state index contributed by atoms with van der Waals surface area (Å²) in [6, 6.07) is 3.93. The molecular formula is C14H19NO4. The number of piperidine rings is 1. The van der Waals surface area contributed by atoms with Gasteiger partial charge in [0.2, 0.25) is 0 Å². The highest BCUT2D eigenvalue weighted by atomic mass is 16.3. The van der Waals surface area contributed by atoms with E-state index in [9.17, 15) is 20.1 Å². The maximum absolute atomic E-state index is 12.2. The van der Waals surface area contributed by atoms with E-state index in [1.807, 2.05) is 0 Å². The second kappa shape index (κ2) is 5.48. The minimum atomic E-state index is -0.355. The monoisotopic (exact) mass is 265 g/mol. The molecule has 1 aliphatic rings. The average Bonchev–Trinajstić information content (AvgIpc) is 2.41. The van der Waals surface area contributed by atoms with Gasteiger partial charge in [0.1, 0.15) is 11.5 Å². The molecule has 0 radical (unpaired) electrons. The van der Waals surface area contributed by atoms with E-state index in [-0.39, 0.29) is 35.0 Å². The first-order chi connectivity index (χ1) is 8.99. The van der Waals surface area contributed by atoms with Crippen molar-refractivity contribution in [2.24, 2.45) is 5.92 Å². The van der Waals surface area contributed by atoms with Gasteiger partial charge < -0.3 is 20.2 Å². The molecule has 5 heteroatoms. The number of hydrogen-bond donors (Lipinski definition) is 3. The number of carbonyl (C=O) groups is 1. The maximum Gasteiger partial charge on any atom is 0.257 e. The molecule has 1 heterocycles. The Bertz CT molecular complexity index is 465. The van der Waals surface area contributed by atoms with Crippen LogP contribution >= 0.6 is 0 Å². The van der Waals surface area contributed by atoms with E-state index in [4.69, 9.17) is 0 Å². The normalized spacial score (nSPS) is 18.3. The van der Waals surface area contributed by atoms with E-state index in [1.54, 1.807) is 11.8 Å². The fourth-order valence-electron chi connectivity index (χ4n) is 2.45. The quantitative estimate of drug-likeness (QED) is 0.705. The predicted octanol–water partition coefficient (Wildman–Crippen LogP) is 1.33. The van der Waals surface area contributed by atoms with Crippen LogP contribution < -0.4 is 0 Å². The molecule has 0 saturated carbocycles. The van der Waals surface area contributed by atoms with Gasteiger partial charge in [-0.15, -0.1) is 0 Å². The van der Waals surface area contributed by atoms with Gasteiger partial charge >= 0.3 is 0 Å². The Balaban J connectivity index is 2.07. The fourth-order valence-corrected chi connectivity index (χ4v) is 2.45. The van der Waals surface area contributed by atoms with Gasteiger partial charge in [0.15, 0.2) is 0 Å². The highest BCUT2D eigenvalue weighted by molar-refractivity contribution is 5.97. The first kappa shape index (κ1) is 13.7. The van der Waals surface area contributed by atoms with Crippen molar-refractivity contribution in [3.05, 3.63) is 23.8 Å². The van der Waals surface area contributed by atoms with Gasteiger partial charge in [0, 0.05) is 13.1 Å². The van der Waals surface area contributed by atoms with Crippen molar-refractivity contribution in [2.45, 2.75) is 25.9 Å². The van der Waals surface area contributed by atoms with Crippen molar-refractivity contribution in [1.82, 2.24) is 4.90 Å². The van der Waals surface area contributed by atoms with Crippen molar-refractivity contribution in [1.29, 1.82) is 0 Å². The smallest absolute Gasteiger partial charge is 0.257 e. The molecule has 104 valence electrons. The minimum absolute atomic E-state index is 0.0417. The Morgan fingerprint density at radius 1 is 1.32 bits per heavy atom. The Kier molecular flexibility index (Phi) is 3.95. The molecule has 19 heavy (non-hydrogen) atoms. The molecule has 1 unspecified atom stereocenters. The van der Waals surface area contributed by atoms with Crippen LogP contribution in [-0.4, -0.2) is 45.3 Å². The van der Waals surface area contributed by atoms with Crippen LogP contribution in [0.4, 0.5) is 0 Å². The van der Waals surface area contributed by atoms with Crippen LogP contribution in [0.2, 0.25) is 0 Å². The molecule has 0 aliphatic carbocycles. The summed E-state index contributed by atoms with van der Waals surface area (Å²) in [5.41, 5.74) is 0.121.